The van der Waals surface area contributed by atoms with Crippen molar-refractivity contribution < 1.29 is 8.42 Å². The van der Waals surface area contributed by atoms with Gasteiger partial charge in [-0.15, -0.1) is 0 Å². The Bertz CT molecular complexity index is 426. The van der Waals surface area contributed by atoms with E-state index in [0.29, 0.717) is 6.42 Å². The molecule has 0 spiro atoms. The topological polar surface area (TPSA) is 90.0 Å². The number of hydrogen-bond acceptors (Lipinski definition) is 5. The SMILES string of the molecule is CCn1ccnc1CC(CS(C)(=O)=O)NN. The normalized spacial score (nSPS) is 13.9. The number of hydrazine groups is 1. The lowest BCUT2D eigenvalue weighted by atomic mass is 10.2. The van der Waals surface area contributed by atoms with Crippen molar-refractivity contribution in [2.45, 2.75) is 25.9 Å². The van der Waals surface area contributed by atoms with Gasteiger partial charge in [-0.2, -0.15) is 0 Å². The minimum absolute atomic E-state index is 0.0140. The average molecular weight is 246 g/mol. The van der Waals surface area contributed by atoms with E-state index in [1.807, 2.05) is 17.7 Å². The van der Waals surface area contributed by atoms with Crippen LogP contribution in [0.3, 0.4) is 0 Å². The van der Waals surface area contributed by atoms with Crippen LogP contribution in [0.2, 0.25) is 0 Å². The van der Waals surface area contributed by atoms with Crippen LogP contribution in [0, 0.1) is 0 Å². The first-order valence-electron chi connectivity index (χ1n) is 5.10. The minimum Gasteiger partial charge on any atom is -0.335 e. The van der Waals surface area contributed by atoms with Gasteiger partial charge in [0, 0.05) is 37.7 Å². The summed E-state index contributed by atoms with van der Waals surface area (Å²) in [7, 11) is -3.04. The molecule has 0 amide bonds. The smallest absolute Gasteiger partial charge is 0.149 e. The van der Waals surface area contributed by atoms with Crippen molar-refractivity contribution >= 4 is 9.84 Å². The number of nitrogens with zero attached hydrogens (tertiary/aromatic N) is 2. The molecule has 92 valence electrons. The van der Waals surface area contributed by atoms with Gasteiger partial charge in [0.1, 0.15) is 15.7 Å². The first-order chi connectivity index (χ1) is 7.46. The summed E-state index contributed by atoms with van der Waals surface area (Å²) < 4.78 is 24.3. The fourth-order valence-corrected chi connectivity index (χ4v) is 2.51. The Kier molecular flexibility index (Phi) is 4.45. The quantitative estimate of drug-likeness (QED) is 0.513. The van der Waals surface area contributed by atoms with Crippen LogP contribution in [-0.4, -0.2) is 36.0 Å². The molecule has 0 aliphatic rings. The van der Waals surface area contributed by atoms with Gasteiger partial charge in [0.25, 0.3) is 0 Å². The van der Waals surface area contributed by atoms with Gasteiger partial charge in [-0.05, 0) is 6.92 Å². The molecule has 0 aliphatic carbocycles. The Hall–Kier alpha value is -0.920. The fourth-order valence-electron chi connectivity index (χ4n) is 1.57. The van der Waals surface area contributed by atoms with Crippen molar-refractivity contribution in [3.8, 4) is 0 Å². The first kappa shape index (κ1) is 13.1. The predicted octanol–water partition coefficient (Wildman–Crippen LogP) is -0.678. The van der Waals surface area contributed by atoms with E-state index in [1.165, 1.54) is 6.26 Å². The van der Waals surface area contributed by atoms with Crippen LogP contribution >= 0.6 is 0 Å². The molecular formula is C9H18N4O2S. The van der Waals surface area contributed by atoms with Gasteiger partial charge in [0.05, 0.1) is 5.75 Å². The summed E-state index contributed by atoms with van der Waals surface area (Å²) in [6, 6.07) is -0.303. The molecule has 7 heteroatoms. The molecule has 1 aromatic rings. The summed E-state index contributed by atoms with van der Waals surface area (Å²) in [5, 5.41) is 0. The summed E-state index contributed by atoms with van der Waals surface area (Å²) in [4.78, 5) is 4.18. The maximum Gasteiger partial charge on any atom is 0.149 e. The predicted molar refractivity (Wildman–Crippen MR) is 62.4 cm³/mol. The molecule has 0 saturated heterocycles. The molecule has 0 bridgehead atoms. The zero-order valence-corrected chi connectivity index (χ0v) is 10.4. The van der Waals surface area contributed by atoms with Crippen LogP contribution in [0.25, 0.3) is 0 Å². The number of nitrogens with one attached hydrogen (secondary N) is 1. The van der Waals surface area contributed by atoms with Crippen molar-refractivity contribution in [2.24, 2.45) is 5.84 Å². The van der Waals surface area contributed by atoms with E-state index in [1.54, 1.807) is 6.20 Å². The molecule has 0 saturated carbocycles. The first-order valence-corrected chi connectivity index (χ1v) is 7.16. The van der Waals surface area contributed by atoms with Crippen LogP contribution < -0.4 is 11.3 Å². The second-order valence-electron chi connectivity index (χ2n) is 3.79. The molecule has 1 heterocycles. The van der Waals surface area contributed by atoms with Gasteiger partial charge in [-0.25, -0.2) is 13.4 Å². The van der Waals surface area contributed by atoms with E-state index in [-0.39, 0.29) is 11.8 Å². The van der Waals surface area contributed by atoms with E-state index in [0.717, 1.165) is 12.4 Å². The summed E-state index contributed by atoms with van der Waals surface area (Å²) in [6.07, 6.45) is 5.27. The van der Waals surface area contributed by atoms with Crippen molar-refractivity contribution in [3.63, 3.8) is 0 Å². The van der Waals surface area contributed by atoms with Crippen LogP contribution in [0.15, 0.2) is 12.4 Å². The molecular weight excluding hydrogens is 228 g/mol. The summed E-state index contributed by atoms with van der Waals surface area (Å²) in [6.45, 7) is 2.82. The molecule has 0 aromatic carbocycles. The standard InChI is InChI=1S/C9H18N4O2S/c1-3-13-5-4-11-9(13)6-8(12-10)7-16(2,14)15/h4-5,8,12H,3,6-7,10H2,1-2H3. The largest absolute Gasteiger partial charge is 0.335 e. The highest BCUT2D eigenvalue weighted by molar-refractivity contribution is 7.90. The lowest BCUT2D eigenvalue weighted by Crippen LogP contribution is -2.42. The van der Waals surface area contributed by atoms with Crippen LogP contribution in [0.5, 0.6) is 0 Å². The van der Waals surface area contributed by atoms with E-state index >= 15 is 0 Å². The number of imidazole rings is 1. The van der Waals surface area contributed by atoms with Gasteiger partial charge in [-0.3, -0.25) is 11.3 Å². The van der Waals surface area contributed by atoms with Gasteiger partial charge in [-0.1, -0.05) is 0 Å². The molecule has 0 radical (unpaired) electrons. The Balaban J connectivity index is 2.70. The fraction of sp³-hybridized carbons (Fsp3) is 0.667. The van der Waals surface area contributed by atoms with E-state index in [2.05, 4.69) is 10.4 Å². The highest BCUT2D eigenvalue weighted by atomic mass is 32.2. The summed E-state index contributed by atoms with van der Waals surface area (Å²) in [5.41, 5.74) is 2.52. The average Bonchev–Trinajstić information content (AvgIpc) is 2.62. The Labute approximate surface area is 95.7 Å². The van der Waals surface area contributed by atoms with Gasteiger partial charge in [0.2, 0.25) is 0 Å². The number of hydrogen-bond donors (Lipinski definition) is 2. The molecule has 1 rings (SSSR count). The highest BCUT2D eigenvalue weighted by Crippen LogP contribution is 2.03. The maximum atomic E-state index is 11.2. The van der Waals surface area contributed by atoms with E-state index in [9.17, 15) is 8.42 Å². The highest BCUT2D eigenvalue weighted by Gasteiger charge is 2.16. The molecule has 6 nitrogen and oxygen atoms in total. The van der Waals surface area contributed by atoms with Crippen LogP contribution in [0.1, 0.15) is 12.7 Å². The van der Waals surface area contributed by atoms with Crippen molar-refractivity contribution in [1.29, 1.82) is 0 Å². The summed E-state index contributed by atoms with van der Waals surface area (Å²) in [5.74, 6) is 6.19. The lowest BCUT2D eigenvalue weighted by Gasteiger charge is -2.14. The van der Waals surface area contributed by atoms with Crippen molar-refractivity contribution in [3.05, 3.63) is 18.2 Å². The lowest BCUT2D eigenvalue weighted by molar-refractivity contribution is 0.525. The minimum atomic E-state index is -3.04. The molecule has 0 aliphatic heterocycles. The van der Waals surface area contributed by atoms with E-state index < -0.39 is 9.84 Å². The monoisotopic (exact) mass is 246 g/mol. The van der Waals surface area contributed by atoms with Gasteiger partial charge in [0.15, 0.2) is 0 Å². The molecule has 3 N–H and O–H groups in total. The Morgan fingerprint density at radius 1 is 1.62 bits per heavy atom. The number of sulfone groups is 1. The zero-order chi connectivity index (χ0) is 12.2. The third-order valence-electron chi connectivity index (χ3n) is 2.31. The van der Waals surface area contributed by atoms with Crippen LogP contribution in [-0.2, 0) is 22.8 Å². The second-order valence-corrected chi connectivity index (χ2v) is 5.97. The number of aromatic nitrogens is 2. The van der Waals surface area contributed by atoms with Crippen LogP contribution in [0.4, 0.5) is 0 Å². The van der Waals surface area contributed by atoms with Gasteiger partial charge >= 0.3 is 0 Å². The van der Waals surface area contributed by atoms with E-state index in [4.69, 9.17) is 5.84 Å². The Morgan fingerprint density at radius 3 is 2.81 bits per heavy atom. The van der Waals surface area contributed by atoms with Crippen molar-refractivity contribution in [2.75, 3.05) is 12.0 Å². The number of nitrogens with two attached hydrogens (primary N) is 1. The summed E-state index contributed by atoms with van der Waals surface area (Å²) >= 11 is 0. The second kappa shape index (κ2) is 5.42. The molecule has 1 unspecified atom stereocenters. The molecule has 16 heavy (non-hydrogen) atoms. The number of aryl methyl sites for hydroxylation is 1. The zero-order valence-electron chi connectivity index (χ0n) is 9.55. The maximum absolute atomic E-state index is 11.2. The molecule has 1 atom stereocenters. The Morgan fingerprint density at radius 2 is 2.31 bits per heavy atom. The van der Waals surface area contributed by atoms with Gasteiger partial charge < -0.3 is 4.57 Å². The van der Waals surface area contributed by atoms with Crippen molar-refractivity contribution in [1.82, 2.24) is 15.0 Å². The molecule has 1 aromatic heterocycles. The third kappa shape index (κ3) is 3.92. The molecule has 0 fully saturated rings. The number of rotatable bonds is 6. The third-order valence-corrected chi connectivity index (χ3v) is 3.32.